The lowest BCUT2D eigenvalue weighted by Crippen LogP contribution is -2.02. The lowest BCUT2D eigenvalue weighted by Gasteiger charge is -2.10. The molecular formula is C16H22BrN3S. The Labute approximate surface area is 139 Å². The Kier molecular flexibility index (Phi) is 5.88. The molecule has 0 saturated heterocycles. The van der Waals surface area contributed by atoms with Gasteiger partial charge in [-0.05, 0) is 71.3 Å². The van der Waals surface area contributed by atoms with E-state index in [1.165, 1.54) is 11.3 Å². The zero-order valence-electron chi connectivity index (χ0n) is 13.1. The van der Waals surface area contributed by atoms with Crippen LogP contribution in [-0.2, 0) is 6.42 Å². The predicted molar refractivity (Wildman–Crippen MR) is 94.6 cm³/mol. The van der Waals surface area contributed by atoms with E-state index < -0.39 is 0 Å². The molecular weight excluding hydrogens is 346 g/mol. The summed E-state index contributed by atoms with van der Waals surface area (Å²) in [5.74, 6) is 1.69. The first-order valence-electron chi connectivity index (χ1n) is 7.24. The fourth-order valence-corrected chi connectivity index (χ4v) is 3.26. The van der Waals surface area contributed by atoms with Crippen LogP contribution in [0, 0.1) is 6.92 Å². The minimum absolute atomic E-state index is 0.522. The van der Waals surface area contributed by atoms with Gasteiger partial charge in [0.1, 0.15) is 0 Å². The molecule has 0 bridgehead atoms. The molecule has 0 aliphatic rings. The van der Waals surface area contributed by atoms with Crippen molar-refractivity contribution in [3.8, 4) is 5.69 Å². The van der Waals surface area contributed by atoms with Gasteiger partial charge in [-0.1, -0.05) is 25.1 Å². The Morgan fingerprint density at radius 2 is 2.10 bits per heavy atom. The van der Waals surface area contributed by atoms with Crippen molar-refractivity contribution in [2.24, 2.45) is 0 Å². The van der Waals surface area contributed by atoms with Crippen LogP contribution in [0.15, 0.2) is 22.7 Å². The lowest BCUT2D eigenvalue weighted by atomic mass is 10.0. The number of rotatable bonds is 6. The van der Waals surface area contributed by atoms with Crippen LogP contribution < -0.4 is 0 Å². The summed E-state index contributed by atoms with van der Waals surface area (Å²) in [7, 11) is 0. The van der Waals surface area contributed by atoms with E-state index in [4.69, 9.17) is 0 Å². The van der Waals surface area contributed by atoms with E-state index in [2.05, 4.69) is 71.5 Å². The van der Waals surface area contributed by atoms with Crippen LogP contribution in [0.2, 0.25) is 0 Å². The smallest absolute Gasteiger partial charge is 0.0861 e. The van der Waals surface area contributed by atoms with Crippen molar-refractivity contribution in [1.82, 2.24) is 15.0 Å². The topological polar surface area (TPSA) is 30.7 Å². The minimum Gasteiger partial charge on any atom is -0.216 e. The molecule has 0 amide bonds. The number of halogens is 1. The van der Waals surface area contributed by atoms with Crippen LogP contribution in [0.1, 0.15) is 43.1 Å². The van der Waals surface area contributed by atoms with Crippen molar-refractivity contribution in [3.05, 3.63) is 39.6 Å². The van der Waals surface area contributed by atoms with Crippen molar-refractivity contribution in [1.29, 1.82) is 0 Å². The highest BCUT2D eigenvalue weighted by Crippen LogP contribution is 2.27. The normalized spacial score (nSPS) is 11.3. The standard InChI is InChI=1S/C16H22BrN3S/c1-11(2)13-7-8-16(14(17)10-13)20-12(3)15(18-19-20)6-5-9-21-4/h7-8,10-11H,5-6,9H2,1-4H3. The van der Waals surface area contributed by atoms with Gasteiger partial charge in [0.2, 0.25) is 0 Å². The summed E-state index contributed by atoms with van der Waals surface area (Å²) in [6.07, 6.45) is 4.28. The third kappa shape index (κ3) is 3.89. The first-order valence-corrected chi connectivity index (χ1v) is 9.43. The summed E-state index contributed by atoms with van der Waals surface area (Å²) < 4.78 is 3.00. The van der Waals surface area contributed by atoms with E-state index in [1.54, 1.807) is 0 Å². The zero-order chi connectivity index (χ0) is 15.4. The molecule has 0 aliphatic heterocycles. The maximum atomic E-state index is 4.35. The fraction of sp³-hybridized carbons (Fsp3) is 0.500. The Hall–Kier alpha value is -0.810. The largest absolute Gasteiger partial charge is 0.216 e. The summed E-state index contributed by atoms with van der Waals surface area (Å²) in [5.41, 5.74) is 4.61. The molecule has 1 aromatic heterocycles. The molecule has 0 unspecified atom stereocenters. The summed E-state index contributed by atoms with van der Waals surface area (Å²) in [5, 5.41) is 8.68. The van der Waals surface area contributed by atoms with Crippen LogP contribution in [-0.4, -0.2) is 27.0 Å². The van der Waals surface area contributed by atoms with Gasteiger partial charge in [0.25, 0.3) is 0 Å². The Balaban J connectivity index is 2.26. The SMILES string of the molecule is CSCCCc1nnn(-c2ccc(C(C)C)cc2Br)c1C. The van der Waals surface area contributed by atoms with E-state index in [0.717, 1.165) is 34.4 Å². The molecule has 21 heavy (non-hydrogen) atoms. The van der Waals surface area contributed by atoms with Gasteiger partial charge in [0, 0.05) is 4.47 Å². The summed E-state index contributed by atoms with van der Waals surface area (Å²) in [6, 6.07) is 6.46. The van der Waals surface area contributed by atoms with E-state index in [9.17, 15) is 0 Å². The second-order valence-electron chi connectivity index (χ2n) is 5.50. The molecule has 0 atom stereocenters. The van der Waals surface area contributed by atoms with Crippen molar-refractivity contribution >= 4 is 27.7 Å². The number of thioether (sulfide) groups is 1. The molecule has 0 spiro atoms. The average Bonchev–Trinajstić information content (AvgIpc) is 2.80. The first-order chi connectivity index (χ1) is 10.0. The highest BCUT2D eigenvalue weighted by Gasteiger charge is 2.13. The van der Waals surface area contributed by atoms with Crippen LogP contribution in [0.4, 0.5) is 0 Å². The maximum absolute atomic E-state index is 4.35. The summed E-state index contributed by atoms with van der Waals surface area (Å²) >= 11 is 5.54. The predicted octanol–water partition coefficient (Wildman–Crippen LogP) is 4.76. The van der Waals surface area contributed by atoms with Crippen LogP contribution in [0.5, 0.6) is 0 Å². The average molecular weight is 368 g/mol. The highest BCUT2D eigenvalue weighted by atomic mass is 79.9. The molecule has 2 aromatic rings. The first kappa shape index (κ1) is 16.6. The molecule has 0 fully saturated rings. The third-order valence-electron chi connectivity index (χ3n) is 3.62. The molecule has 1 heterocycles. The number of nitrogens with zero attached hydrogens (tertiary/aromatic N) is 3. The van der Waals surface area contributed by atoms with Gasteiger partial charge >= 0.3 is 0 Å². The monoisotopic (exact) mass is 367 g/mol. The van der Waals surface area contributed by atoms with Gasteiger partial charge in [0.05, 0.1) is 17.1 Å². The van der Waals surface area contributed by atoms with Crippen LogP contribution in [0.3, 0.4) is 0 Å². The maximum Gasteiger partial charge on any atom is 0.0861 e. The molecule has 0 N–H and O–H groups in total. The summed E-state index contributed by atoms with van der Waals surface area (Å²) in [6.45, 7) is 6.50. The summed E-state index contributed by atoms with van der Waals surface area (Å²) in [4.78, 5) is 0. The molecule has 114 valence electrons. The fourth-order valence-electron chi connectivity index (χ4n) is 2.26. The zero-order valence-corrected chi connectivity index (χ0v) is 15.5. The quantitative estimate of drug-likeness (QED) is 0.689. The molecule has 2 rings (SSSR count). The number of aryl methyl sites for hydroxylation is 1. The number of benzene rings is 1. The van der Waals surface area contributed by atoms with Gasteiger partial charge in [-0.3, -0.25) is 0 Å². The molecule has 0 aliphatic carbocycles. The van der Waals surface area contributed by atoms with Crippen molar-refractivity contribution in [3.63, 3.8) is 0 Å². The van der Waals surface area contributed by atoms with Crippen LogP contribution in [0.25, 0.3) is 5.69 Å². The van der Waals surface area contributed by atoms with Gasteiger partial charge in [-0.15, -0.1) is 5.10 Å². The van der Waals surface area contributed by atoms with E-state index in [-0.39, 0.29) is 0 Å². The number of hydrogen-bond donors (Lipinski definition) is 0. The van der Waals surface area contributed by atoms with E-state index >= 15 is 0 Å². The minimum atomic E-state index is 0.522. The van der Waals surface area contributed by atoms with Crippen molar-refractivity contribution in [2.75, 3.05) is 12.0 Å². The van der Waals surface area contributed by atoms with E-state index in [1.807, 2.05) is 16.4 Å². The third-order valence-corrected chi connectivity index (χ3v) is 4.95. The Bertz CT molecular complexity index is 608. The van der Waals surface area contributed by atoms with Gasteiger partial charge in [-0.2, -0.15) is 11.8 Å². The lowest BCUT2D eigenvalue weighted by molar-refractivity contribution is 0.776. The van der Waals surface area contributed by atoms with Gasteiger partial charge < -0.3 is 0 Å². The van der Waals surface area contributed by atoms with Gasteiger partial charge in [0.15, 0.2) is 0 Å². The molecule has 3 nitrogen and oxygen atoms in total. The molecule has 0 saturated carbocycles. The van der Waals surface area contributed by atoms with Crippen molar-refractivity contribution in [2.45, 2.75) is 39.5 Å². The van der Waals surface area contributed by atoms with Crippen molar-refractivity contribution < 1.29 is 0 Å². The Morgan fingerprint density at radius 1 is 1.33 bits per heavy atom. The van der Waals surface area contributed by atoms with E-state index in [0.29, 0.717) is 5.92 Å². The number of hydrogen-bond acceptors (Lipinski definition) is 3. The highest BCUT2D eigenvalue weighted by molar-refractivity contribution is 9.10. The van der Waals surface area contributed by atoms with Crippen LogP contribution >= 0.6 is 27.7 Å². The Morgan fingerprint density at radius 3 is 2.71 bits per heavy atom. The number of aromatic nitrogens is 3. The van der Waals surface area contributed by atoms with Gasteiger partial charge in [-0.25, -0.2) is 4.68 Å². The molecule has 1 aromatic carbocycles. The second-order valence-corrected chi connectivity index (χ2v) is 7.34. The molecule has 0 radical (unpaired) electrons. The second kappa shape index (κ2) is 7.45. The molecule has 5 heteroatoms.